The van der Waals surface area contributed by atoms with Crippen molar-refractivity contribution in [2.24, 2.45) is 5.41 Å². The largest absolute Gasteiger partial charge is 0.354 e. The fourth-order valence-corrected chi connectivity index (χ4v) is 2.68. The Labute approximate surface area is 142 Å². The Morgan fingerprint density at radius 3 is 2.68 bits per heavy atom. The smallest absolute Gasteiger partial charge is 0.328 e. The van der Waals surface area contributed by atoms with Crippen molar-refractivity contribution in [1.82, 2.24) is 20.2 Å². The topological polar surface area (TPSA) is 96.0 Å². The third-order valence-electron chi connectivity index (χ3n) is 3.80. The van der Waals surface area contributed by atoms with Crippen molar-refractivity contribution >= 4 is 34.2 Å². The Bertz CT molecular complexity index is 637. The minimum absolute atomic E-state index is 0. The second-order valence-corrected chi connectivity index (χ2v) is 6.56. The third kappa shape index (κ3) is 4.96. The summed E-state index contributed by atoms with van der Waals surface area (Å²) in [5.74, 6) is -0.240. The van der Waals surface area contributed by atoms with Crippen LogP contribution >= 0.6 is 28.3 Å². The molecule has 1 aliphatic heterocycles. The number of carbonyl (C=O) groups excluding carboxylic acids is 1. The van der Waals surface area contributed by atoms with Crippen LogP contribution in [0, 0.1) is 5.41 Å². The molecule has 22 heavy (non-hydrogen) atoms. The van der Waals surface area contributed by atoms with Crippen LogP contribution in [-0.4, -0.2) is 35.1 Å². The lowest BCUT2D eigenvalue weighted by atomic mass is 9.81. The first-order valence-corrected chi connectivity index (χ1v) is 7.66. The molecular weight excluding hydrogens is 376 g/mol. The first-order chi connectivity index (χ1) is 9.89. The Kier molecular flexibility index (Phi) is 6.83. The van der Waals surface area contributed by atoms with Crippen molar-refractivity contribution in [3.05, 3.63) is 31.5 Å². The van der Waals surface area contributed by atoms with Gasteiger partial charge in [0.1, 0.15) is 6.54 Å². The minimum atomic E-state index is -0.591. The zero-order valence-corrected chi connectivity index (χ0v) is 14.7. The van der Waals surface area contributed by atoms with Gasteiger partial charge in [0.25, 0.3) is 5.56 Å². The van der Waals surface area contributed by atoms with Crippen molar-refractivity contribution < 1.29 is 4.79 Å². The van der Waals surface area contributed by atoms with Crippen molar-refractivity contribution in [2.75, 3.05) is 19.6 Å². The standard InChI is InChI=1S/C13H19BrN4O3.ClH/c1-13(2-4-15-5-3-13)8-16-10(19)7-18-6-9(14)11(20)17-12(18)21;/h6,15H,2-5,7-8H2,1H3,(H,16,19)(H,17,20,21);1H. The highest BCUT2D eigenvalue weighted by molar-refractivity contribution is 9.10. The van der Waals surface area contributed by atoms with Crippen LogP contribution in [0.5, 0.6) is 0 Å². The number of aromatic nitrogens is 2. The zero-order chi connectivity index (χ0) is 15.5. The normalized spacial score (nSPS) is 16.6. The van der Waals surface area contributed by atoms with Crippen molar-refractivity contribution in [1.29, 1.82) is 0 Å². The molecule has 3 N–H and O–H groups in total. The number of H-pyrrole nitrogens is 1. The number of carbonyl (C=O) groups is 1. The Morgan fingerprint density at radius 2 is 2.05 bits per heavy atom. The first kappa shape index (κ1) is 18.9. The van der Waals surface area contributed by atoms with Crippen LogP contribution in [0.4, 0.5) is 0 Å². The van der Waals surface area contributed by atoms with E-state index in [2.05, 4.69) is 38.5 Å². The maximum atomic E-state index is 12.0. The molecule has 2 rings (SSSR count). The van der Waals surface area contributed by atoms with E-state index in [0.717, 1.165) is 25.9 Å². The summed E-state index contributed by atoms with van der Waals surface area (Å²) in [7, 11) is 0. The SMILES string of the molecule is CC1(CNC(=O)Cn2cc(Br)c(=O)[nH]c2=O)CCNCC1.Cl. The number of aromatic amines is 1. The van der Waals surface area contributed by atoms with Gasteiger partial charge in [-0.2, -0.15) is 0 Å². The van der Waals surface area contributed by atoms with Gasteiger partial charge in [0.15, 0.2) is 0 Å². The van der Waals surface area contributed by atoms with Crippen molar-refractivity contribution in [3.63, 3.8) is 0 Å². The number of piperidine rings is 1. The molecule has 1 aromatic rings. The van der Waals surface area contributed by atoms with Gasteiger partial charge in [-0.05, 0) is 47.3 Å². The number of nitrogens with one attached hydrogen (secondary N) is 3. The number of amides is 1. The van der Waals surface area contributed by atoms with Crippen LogP contribution in [0.25, 0.3) is 0 Å². The molecule has 2 heterocycles. The van der Waals surface area contributed by atoms with Crippen LogP contribution in [0.3, 0.4) is 0 Å². The Morgan fingerprint density at radius 1 is 1.41 bits per heavy atom. The van der Waals surface area contributed by atoms with Crippen molar-refractivity contribution in [3.8, 4) is 0 Å². The Balaban J connectivity index is 0.00000242. The molecule has 124 valence electrons. The maximum absolute atomic E-state index is 12.0. The fourth-order valence-electron chi connectivity index (χ4n) is 2.33. The Hall–Kier alpha value is -1.12. The minimum Gasteiger partial charge on any atom is -0.354 e. The summed E-state index contributed by atoms with van der Waals surface area (Å²) in [6.45, 7) is 4.55. The van der Waals surface area contributed by atoms with E-state index in [1.807, 2.05) is 0 Å². The predicted octanol–water partition coefficient (Wildman–Crippen LogP) is 0.227. The second kappa shape index (κ2) is 7.94. The van der Waals surface area contributed by atoms with Gasteiger partial charge in [0, 0.05) is 12.7 Å². The van der Waals surface area contributed by atoms with Crippen LogP contribution in [-0.2, 0) is 11.3 Å². The predicted molar refractivity (Wildman–Crippen MR) is 89.5 cm³/mol. The molecule has 1 fully saturated rings. The average Bonchev–Trinajstić information content (AvgIpc) is 2.44. The number of rotatable bonds is 4. The third-order valence-corrected chi connectivity index (χ3v) is 4.37. The molecule has 7 nitrogen and oxygen atoms in total. The van der Waals surface area contributed by atoms with Gasteiger partial charge in [-0.15, -0.1) is 12.4 Å². The van der Waals surface area contributed by atoms with Gasteiger partial charge >= 0.3 is 5.69 Å². The summed E-state index contributed by atoms with van der Waals surface area (Å²) in [6.07, 6.45) is 3.35. The van der Waals surface area contributed by atoms with Gasteiger partial charge in [0.2, 0.25) is 5.91 Å². The number of hydrogen-bond acceptors (Lipinski definition) is 4. The van der Waals surface area contributed by atoms with E-state index >= 15 is 0 Å². The van der Waals surface area contributed by atoms with E-state index in [4.69, 9.17) is 0 Å². The molecule has 1 saturated heterocycles. The molecule has 0 spiro atoms. The van der Waals surface area contributed by atoms with E-state index in [-0.39, 0.29) is 34.7 Å². The molecule has 0 saturated carbocycles. The molecule has 1 aromatic heterocycles. The van der Waals surface area contributed by atoms with Crippen LogP contribution < -0.4 is 21.9 Å². The molecule has 1 aliphatic rings. The molecule has 0 bridgehead atoms. The molecule has 0 aromatic carbocycles. The lowest BCUT2D eigenvalue weighted by molar-refractivity contribution is -0.122. The lowest BCUT2D eigenvalue weighted by Gasteiger charge is -2.34. The van der Waals surface area contributed by atoms with Gasteiger partial charge in [-0.1, -0.05) is 6.92 Å². The van der Waals surface area contributed by atoms with E-state index in [9.17, 15) is 14.4 Å². The first-order valence-electron chi connectivity index (χ1n) is 6.86. The average molecular weight is 396 g/mol. The highest BCUT2D eigenvalue weighted by atomic mass is 79.9. The van der Waals surface area contributed by atoms with E-state index in [1.165, 1.54) is 10.8 Å². The summed E-state index contributed by atoms with van der Waals surface area (Å²) < 4.78 is 1.39. The molecule has 0 unspecified atom stereocenters. The quantitative estimate of drug-likeness (QED) is 0.680. The van der Waals surface area contributed by atoms with E-state index < -0.39 is 11.2 Å². The maximum Gasteiger partial charge on any atom is 0.328 e. The molecule has 1 amide bonds. The summed E-state index contributed by atoms with van der Waals surface area (Å²) in [5, 5.41) is 6.16. The van der Waals surface area contributed by atoms with Crippen LogP contribution in [0.2, 0.25) is 0 Å². The van der Waals surface area contributed by atoms with Gasteiger partial charge in [0.05, 0.1) is 4.47 Å². The van der Waals surface area contributed by atoms with E-state index in [0.29, 0.717) is 6.54 Å². The van der Waals surface area contributed by atoms with E-state index in [1.54, 1.807) is 0 Å². The summed E-state index contributed by atoms with van der Waals surface area (Å²) in [5.41, 5.74) is -0.998. The van der Waals surface area contributed by atoms with Crippen LogP contribution in [0.1, 0.15) is 19.8 Å². The monoisotopic (exact) mass is 394 g/mol. The lowest BCUT2D eigenvalue weighted by Crippen LogP contribution is -2.44. The fraction of sp³-hybridized carbons (Fsp3) is 0.615. The highest BCUT2D eigenvalue weighted by Gasteiger charge is 2.26. The number of nitrogens with zero attached hydrogens (tertiary/aromatic N) is 1. The van der Waals surface area contributed by atoms with Crippen molar-refractivity contribution in [2.45, 2.75) is 26.3 Å². The molecule has 0 aliphatic carbocycles. The molecule has 0 atom stereocenters. The second-order valence-electron chi connectivity index (χ2n) is 5.70. The summed E-state index contributed by atoms with van der Waals surface area (Å²) in [6, 6.07) is 0. The molecule has 9 heteroatoms. The van der Waals surface area contributed by atoms with Gasteiger partial charge < -0.3 is 10.6 Å². The van der Waals surface area contributed by atoms with Gasteiger partial charge in [-0.25, -0.2) is 4.79 Å². The summed E-state index contributed by atoms with van der Waals surface area (Å²) >= 11 is 3.04. The number of halogens is 2. The summed E-state index contributed by atoms with van der Waals surface area (Å²) in [4.78, 5) is 36.9. The van der Waals surface area contributed by atoms with Crippen LogP contribution in [0.15, 0.2) is 20.3 Å². The number of hydrogen-bond donors (Lipinski definition) is 3. The highest BCUT2D eigenvalue weighted by Crippen LogP contribution is 2.26. The zero-order valence-electron chi connectivity index (χ0n) is 12.3. The molecule has 0 radical (unpaired) electrons. The van der Waals surface area contributed by atoms with Gasteiger partial charge in [-0.3, -0.25) is 19.1 Å². The molecular formula is C13H20BrClN4O3.